The van der Waals surface area contributed by atoms with Crippen LogP contribution in [0.2, 0.25) is 0 Å². The highest BCUT2D eigenvalue weighted by molar-refractivity contribution is 5.89. The van der Waals surface area contributed by atoms with Crippen LogP contribution in [0, 0.1) is 0 Å². The number of benzene rings is 1. The van der Waals surface area contributed by atoms with Crippen LogP contribution in [0.1, 0.15) is 18.4 Å². The number of carbonyl (C=O) groups excluding carboxylic acids is 1. The van der Waals surface area contributed by atoms with Crippen LogP contribution >= 0.6 is 0 Å². The fraction of sp³-hybridized carbons (Fsp3) is 0.529. The van der Waals surface area contributed by atoms with Gasteiger partial charge < -0.3 is 25.6 Å². The molecule has 0 atom stereocenters. The van der Waals surface area contributed by atoms with Crippen molar-refractivity contribution in [2.45, 2.75) is 19.4 Å². The second-order valence-corrected chi connectivity index (χ2v) is 5.67. The number of amides is 2. The normalized spacial score (nSPS) is 14.6. The summed E-state index contributed by atoms with van der Waals surface area (Å²) in [5.41, 5.74) is 1.89. The Hall–Kier alpha value is -2.28. The molecule has 0 bridgehead atoms. The van der Waals surface area contributed by atoms with Gasteiger partial charge in [-0.2, -0.15) is 0 Å². The van der Waals surface area contributed by atoms with Gasteiger partial charge in [-0.25, -0.2) is 4.79 Å². The van der Waals surface area contributed by atoms with Gasteiger partial charge in [-0.1, -0.05) is 12.1 Å². The third-order valence-electron chi connectivity index (χ3n) is 3.85. The van der Waals surface area contributed by atoms with Gasteiger partial charge in [0.2, 0.25) is 0 Å². The maximum atomic E-state index is 12.1. The van der Waals surface area contributed by atoms with E-state index < -0.39 is 0 Å². The maximum absolute atomic E-state index is 12.1. The molecule has 0 aliphatic carbocycles. The SMILES string of the molecule is CN=C(NCCOC)NCc1cccc(NC(=O)N2CCCC2)c1. The molecular weight excluding hydrogens is 306 g/mol. The predicted octanol–water partition coefficient (Wildman–Crippen LogP) is 1.63. The molecule has 1 aliphatic rings. The van der Waals surface area contributed by atoms with Gasteiger partial charge in [-0.15, -0.1) is 0 Å². The van der Waals surface area contributed by atoms with Gasteiger partial charge in [0.25, 0.3) is 0 Å². The molecule has 0 unspecified atom stereocenters. The average molecular weight is 333 g/mol. The lowest BCUT2D eigenvalue weighted by Gasteiger charge is -2.17. The molecule has 0 radical (unpaired) electrons. The van der Waals surface area contributed by atoms with Gasteiger partial charge in [0, 0.05) is 46.0 Å². The Bertz CT molecular complexity index is 556. The number of carbonyl (C=O) groups is 1. The average Bonchev–Trinajstić information content (AvgIpc) is 3.13. The molecule has 0 spiro atoms. The van der Waals surface area contributed by atoms with E-state index in [1.807, 2.05) is 29.2 Å². The smallest absolute Gasteiger partial charge is 0.321 e. The zero-order chi connectivity index (χ0) is 17.2. The predicted molar refractivity (Wildman–Crippen MR) is 96.3 cm³/mol. The molecule has 3 N–H and O–H groups in total. The van der Waals surface area contributed by atoms with Crippen molar-refractivity contribution in [3.05, 3.63) is 29.8 Å². The summed E-state index contributed by atoms with van der Waals surface area (Å²) < 4.78 is 5.00. The number of aliphatic imine (C=N–C) groups is 1. The summed E-state index contributed by atoms with van der Waals surface area (Å²) in [5, 5.41) is 9.37. The summed E-state index contributed by atoms with van der Waals surface area (Å²) in [6.45, 7) is 3.63. The lowest BCUT2D eigenvalue weighted by Crippen LogP contribution is -2.38. The number of nitrogens with one attached hydrogen (secondary N) is 3. The Morgan fingerprint density at radius 2 is 2.08 bits per heavy atom. The summed E-state index contributed by atoms with van der Waals surface area (Å²) in [7, 11) is 3.40. The lowest BCUT2D eigenvalue weighted by molar-refractivity contribution is 0.203. The molecule has 1 heterocycles. The number of anilines is 1. The van der Waals surface area contributed by atoms with Gasteiger partial charge >= 0.3 is 6.03 Å². The minimum atomic E-state index is -0.0188. The molecule has 2 amide bonds. The van der Waals surface area contributed by atoms with Crippen LogP contribution in [0.5, 0.6) is 0 Å². The zero-order valence-corrected chi connectivity index (χ0v) is 14.5. The van der Waals surface area contributed by atoms with Crippen LogP contribution in [0.25, 0.3) is 0 Å². The minimum absolute atomic E-state index is 0.0188. The van der Waals surface area contributed by atoms with E-state index in [4.69, 9.17) is 4.74 Å². The standard InChI is InChI=1S/C17H27N5O2/c1-18-16(19-8-11-24-2)20-13-14-6-5-7-15(12-14)21-17(23)22-9-3-4-10-22/h5-7,12H,3-4,8-11,13H2,1-2H3,(H,21,23)(H2,18,19,20). The van der Waals surface area contributed by atoms with Crippen LogP contribution in [0.3, 0.4) is 0 Å². The largest absolute Gasteiger partial charge is 0.383 e. The molecule has 2 rings (SSSR count). The molecule has 1 aromatic carbocycles. The number of hydrogen-bond acceptors (Lipinski definition) is 3. The zero-order valence-electron chi connectivity index (χ0n) is 14.5. The van der Waals surface area contributed by atoms with E-state index in [1.165, 1.54) is 0 Å². The molecule has 0 aromatic heterocycles. The first kappa shape index (κ1) is 18.1. The molecule has 1 fully saturated rings. The molecule has 7 nitrogen and oxygen atoms in total. The fourth-order valence-corrected chi connectivity index (χ4v) is 2.56. The van der Waals surface area contributed by atoms with Crippen molar-refractivity contribution in [1.82, 2.24) is 15.5 Å². The first-order valence-corrected chi connectivity index (χ1v) is 8.31. The summed E-state index contributed by atoms with van der Waals surface area (Å²) in [6, 6.07) is 7.82. The van der Waals surface area contributed by atoms with Gasteiger partial charge in [0.1, 0.15) is 0 Å². The highest BCUT2D eigenvalue weighted by Crippen LogP contribution is 2.14. The number of rotatable bonds is 6. The topological polar surface area (TPSA) is 78.0 Å². The second-order valence-electron chi connectivity index (χ2n) is 5.67. The van der Waals surface area contributed by atoms with Gasteiger partial charge in [0.05, 0.1) is 6.61 Å². The number of urea groups is 1. The number of methoxy groups -OCH3 is 1. The molecule has 1 aliphatic heterocycles. The van der Waals surface area contributed by atoms with E-state index in [-0.39, 0.29) is 6.03 Å². The third-order valence-corrected chi connectivity index (χ3v) is 3.85. The monoisotopic (exact) mass is 333 g/mol. The van der Waals surface area contributed by atoms with Crippen molar-refractivity contribution in [3.63, 3.8) is 0 Å². The van der Waals surface area contributed by atoms with Crippen molar-refractivity contribution < 1.29 is 9.53 Å². The summed E-state index contributed by atoms with van der Waals surface area (Å²) in [4.78, 5) is 18.2. The van der Waals surface area contributed by atoms with Crippen LogP contribution in [0.15, 0.2) is 29.3 Å². The summed E-state index contributed by atoms with van der Waals surface area (Å²) >= 11 is 0. The van der Waals surface area contributed by atoms with Gasteiger partial charge in [-0.3, -0.25) is 4.99 Å². The molecule has 1 aromatic rings. The molecule has 7 heteroatoms. The molecule has 1 saturated heterocycles. The van der Waals surface area contributed by atoms with Crippen molar-refractivity contribution >= 4 is 17.7 Å². The molecule has 24 heavy (non-hydrogen) atoms. The summed E-state index contributed by atoms with van der Waals surface area (Å²) in [5.74, 6) is 0.721. The molecule has 132 valence electrons. The van der Waals surface area contributed by atoms with Gasteiger partial charge in [0.15, 0.2) is 5.96 Å². The Kier molecular flexibility index (Phi) is 7.35. The van der Waals surface area contributed by atoms with E-state index in [9.17, 15) is 4.79 Å². The van der Waals surface area contributed by atoms with E-state index in [2.05, 4.69) is 20.9 Å². The van der Waals surface area contributed by atoms with Crippen LogP contribution < -0.4 is 16.0 Å². The Balaban J connectivity index is 1.84. The van der Waals surface area contributed by atoms with Crippen molar-refractivity contribution in [2.24, 2.45) is 4.99 Å². The fourth-order valence-electron chi connectivity index (χ4n) is 2.56. The second kappa shape index (κ2) is 9.77. The van der Waals surface area contributed by atoms with E-state index in [1.54, 1.807) is 14.2 Å². The third kappa shape index (κ3) is 5.73. The number of likely N-dealkylation sites (tertiary alicyclic amines) is 1. The van der Waals surface area contributed by atoms with Crippen molar-refractivity contribution in [1.29, 1.82) is 0 Å². The van der Waals surface area contributed by atoms with Crippen molar-refractivity contribution in [3.8, 4) is 0 Å². The Labute approximate surface area is 143 Å². The molecule has 0 saturated carbocycles. The Morgan fingerprint density at radius 3 is 2.79 bits per heavy atom. The van der Waals surface area contributed by atoms with Gasteiger partial charge in [-0.05, 0) is 30.5 Å². The van der Waals surface area contributed by atoms with E-state index in [0.717, 1.165) is 43.1 Å². The minimum Gasteiger partial charge on any atom is -0.383 e. The van der Waals surface area contributed by atoms with E-state index >= 15 is 0 Å². The summed E-state index contributed by atoms with van der Waals surface area (Å²) in [6.07, 6.45) is 2.18. The van der Waals surface area contributed by atoms with Crippen LogP contribution in [0.4, 0.5) is 10.5 Å². The van der Waals surface area contributed by atoms with Crippen molar-refractivity contribution in [2.75, 3.05) is 45.7 Å². The Morgan fingerprint density at radius 1 is 1.29 bits per heavy atom. The number of nitrogens with zero attached hydrogens (tertiary/aromatic N) is 2. The van der Waals surface area contributed by atoms with E-state index in [0.29, 0.717) is 19.7 Å². The first-order chi connectivity index (χ1) is 11.7. The number of ether oxygens (including phenoxy) is 1. The highest BCUT2D eigenvalue weighted by atomic mass is 16.5. The number of guanidine groups is 1. The van der Waals surface area contributed by atoms with Crippen LogP contribution in [-0.4, -0.2) is 57.3 Å². The quantitative estimate of drug-likeness (QED) is 0.420. The maximum Gasteiger partial charge on any atom is 0.321 e. The first-order valence-electron chi connectivity index (χ1n) is 8.31. The highest BCUT2D eigenvalue weighted by Gasteiger charge is 2.17. The molecular formula is C17H27N5O2. The van der Waals surface area contributed by atoms with Crippen LogP contribution in [-0.2, 0) is 11.3 Å². The lowest BCUT2D eigenvalue weighted by atomic mass is 10.2. The number of hydrogen-bond donors (Lipinski definition) is 3.